The van der Waals surface area contributed by atoms with Gasteiger partial charge in [0.05, 0.1) is 18.8 Å². The van der Waals surface area contributed by atoms with E-state index in [0.29, 0.717) is 25.2 Å². The molecule has 4 rings (SSSR count). The summed E-state index contributed by atoms with van der Waals surface area (Å²) in [7, 11) is 0. The number of likely N-dealkylation sites (tertiary alicyclic amines) is 1. The molecule has 1 amide bonds. The number of hydrogen-bond donors (Lipinski definition) is 1. The lowest BCUT2D eigenvalue weighted by Gasteiger charge is -2.36. The number of unbranched alkanes of at least 4 members (excludes halogenated alkanes) is 3. The van der Waals surface area contributed by atoms with E-state index >= 15 is 0 Å². The van der Waals surface area contributed by atoms with Crippen LogP contribution in [-0.4, -0.2) is 41.8 Å². The van der Waals surface area contributed by atoms with Gasteiger partial charge < -0.3 is 10.5 Å². The maximum atomic E-state index is 13.1. The molecule has 2 aliphatic rings. The van der Waals surface area contributed by atoms with E-state index in [1.54, 1.807) is 0 Å². The summed E-state index contributed by atoms with van der Waals surface area (Å²) >= 11 is 0. The molecule has 0 aromatic heterocycles. The zero-order valence-corrected chi connectivity index (χ0v) is 20.9. The van der Waals surface area contributed by atoms with E-state index in [1.165, 1.54) is 30.4 Å². The van der Waals surface area contributed by atoms with Crippen molar-refractivity contribution < 1.29 is 14.3 Å². The van der Waals surface area contributed by atoms with Crippen LogP contribution in [0.1, 0.15) is 69.8 Å². The van der Waals surface area contributed by atoms with Crippen molar-refractivity contribution in [2.45, 2.75) is 83.0 Å². The average molecular weight is 477 g/mol. The predicted octanol–water partition coefficient (Wildman–Crippen LogP) is 5.51. The van der Waals surface area contributed by atoms with Crippen molar-refractivity contribution in [3.63, 3.8) is 0 Å². The summed E-state index contributed by atoms with van der Waals surface area (Å²) < 4.78 is 6.44. The monoisotopic (exact) mass is 476 g/mol. The van der Waals surface area contributed by atoms with Crippen LogP contribution in [-0.2, 0) is 20.9 Å². The van der Waals surface area contributed by atoms with Crippen molar-refractivity contribution in [1.29, 1.82) is 0 Å². The second-order valence-electron chi connectivity index (χ2n) is 10.2. The van der Waals surface area contributed by atoms with Gasteiger partial charge in [0, 0.05) is 18.8 Å². The Bertz CT molecular complexity index is 938. The van der Waals surface area contributed by atoms with Crippen LogP contribution >= 0.6 is 0 Å². The second kappa shape index (κ2) is 13.0. The van der Waals surface area contributed by atoms with Crippen molar-refractivity contribution in [1.82, 2.24) is 4.90 Å². The molecule has 1 saturated heterocycles. The minimum Gasteiger partial charge on any atom is -0.373 e. The van der Waals surface area contributed by atoms with Gasteiger partial charge in [0.2, 0.25) is 5.91 Å². The molecule has 0 bridgehead atoms. The van der Waals surface area contributed by atoms with E-state index in [0.717, 1.165) is 50.8 Å². The summed E-state index contributed by atoms with van der Waals surface area (Å²) in [6.07, 6.45) is 9.60. The van der Waals surface area contributed by atoms with Crippen LogP contribution in [0.2, 0.25) is 0 Å². The molecule has 1 heterocycles. The zero-order valence-electron chi connectivity index (χ0n) is 20.9. The van der Waals surface area contributed by atoms with Crippen LogP contribution in [0.25, 0.3) is 11.1 Å². The van der Waals surface area contributed by atoms with Gasteiger partial charge in [0.15, 0.2) is 5.78 Å². The first-order chi connectivity index (χ1) is 17.1. The smallest absolute Gasteiger partial charge is 0.217 e. The third-order valence-electron chi connectivity index (χ3n) is 7.64. The Morgan fingerprint density at radius 2 is 1.57 bits per heavy atom. The molecule has 5 nitrogen and oxygen atoms in total. The number of nitrogens with zero attached hydrogens (tertiary/aromatic N) is 1. The number of primary amides is 1. The Morgan fingerprint density at radius 3 is 2.29 bits per heavy atom. The first-order valence-electron chi connectivity index (χ1n) is 13.4. The number of carbonyl (C=O) groups is 2. The quantitative estimate of drug-likeness (QED) is 0.410. The molecule has 0 radical (unpaired) electrons. The lowest BCUT2D eigenvalue weighted by atomic mass is 9.91. The first kappa shape index (κ1) is 25.6. The molecule has 0 unspecified atom stereocenters. The fourth-order valence-corrected chi connectivity index (χ4v) is 5.77. The molecule has 1 aliphatic carbocycles. The highest BCUT2D eigenvalue weighted by molar-refractivity contribution is 5.87. The highest BCUT2D eigenvalue weighted by Crippen LogP contribution is 2.36. The Morgan fingerprint density at radius 1 is 0.886 bits per heavy atom. The van der Waals surface area contributed by atoms with E-state index < -0.39 is 0 Å². The standard InChI is InChI=1S/C30H40N2O3/c31-29(34)14-8-2-1-7-13-26-28(21-27(33)30(26)32-19-9-4-10-20-32)35-22-23-15-17-25(18-16-23)24-11-5-3-6-12-24/h3,5-6,11-12,15-18,26,28,30H,1-2,4,7-10,13-14,19-22H2,(H2,31,34)/t26-,28-,30+/m0/s1. The van der Waals surface area contributed by atoms with Gasteiger partial charge in [0.25, 0.3) is 0 Å². The Balaban J connectivity index is 1.35. The van der Waals surface area contributed by atoms with Gasteiger partial charge in [-0.05, 0) is 55.5 Å². The van der Waals surface area contributed by atoms with Crippen LogP contribution in [0.4, 0.5) is 0 Å². The van der Waals surface area contributed by atoms with Crippen molar-refractivity contribution in [3.05, 3.63) is 60.2 Å². The van der Waals surface area contributed by atoms with Crippen LogP contribution in [0, 0.1) is 5.92 Å². The minimum atomic E-state index is -0.221. The first-order valence-corrected chi connectivity index (χ1v) is 13.4. The summed E-state index contributed by atoms with van der Waals surface area (Å²) in [6, 6.07) is 18.9. The topological polar surface area (TPSA) is 72.6 Å². The third kappa shape index (κ3) is 7.25. The molecule has 2 aromatic rings. The van der Waals surface area contributed by atoms with E-state index in [9.17, 15) is 9.59 Å². The van der Waals surface area contributed by atoms with E-state index in [1.807, 2.05) is 6.07 Å². The van der Waals surface area contributed by atoms with E-state index in [4.69, 9.17) is 10.5 Å². The molecule has 2 fully saturated rings. The number of ether oxygens (including phenoxy) is 1. The lowest BCUT2D eigenvalue weighted by Crippen LogP contribution is -2.46. The minimum absolute atomic E-state index is 0.00590. The lowest BCUT2D eigenvalue weighted by molar-refractivity contribution is -0.123. The number of ketones is 1. The van der Waals surface area contributed by atoms with Gasteiger partial charge in [-0.3, -0.25) is 14.5 Å². The fourth-order valence-electron chi connectivity index (χ4n) is 5.77. The number of rotatable bonds is 12. The van der Waals surface area contributed by atoms with Crippen LogP contribution < -0.4 is 5.73 Å². The SMILES string of the molecule is NC(=O)CCCCCC[C@H]1[C@@H](OCc2ccc(-c3ccccc3)cc2)CC(=O)[C@@H]1N1CCCCC1. The van der Waals surface area contributed by atoms with Crippen LogP contribution in [0.3, 0.4) is 0 Å². The van der Waals surface area contributed by atoms with Gasteiger partial charge in [-0.2, -0.15) is 0 Å². The molecule has 0 spiro atoms. The van der Waals surface area contributed by atoms with Gasteiger partial charge in [0.1, 0.15) is 0 Å². The van der Waals surface area contributed by atoms with Gasteiger partial charge in [-0.25, -0.2) is 0 Å². The number of amides is 1. The van der Waals surface area contributed by atoms with Crippen LogP contribution in [0.5, 0.6) is 0 Å². The normalized spacial score (nSPS) is 23.0. The summed E-state index contributed by atoms with van der Waals surface area (Å²) in [5.41, 5.74) is 8.81. The van der Waals surface area contributed by atoms with Crippen molar-refractivity contribution in [3.8, 4) is 11.1 Å². The van der Waals surface area contributed by atoms with Crippen molar-refractivity contribution in [2.75, 3.05) is 13.1 Å². The summed E-state index contributed by atoms with van der Waals surface area (Å²) in [5.74, 6) is 0.386. The molecule has 2 aromatic carbocycles. The summed E-state index contributed by atoms with van der Waals surface area (Å²) in [6.45, 7) is 2.59. The maximum absolute atomic E-state index is 13.1. The number of piperidine rings is 1. The van der Waals surface area contributed by atoms with Crippen LogP contribution in [0.15, 0.2) is 54.6 Å². The maximum Gasteiger partial charge on any atom is 0.217 e. The van der Waals surface area contributed by atoms with Gasteiger partial charge >= 0.3 is 0 Å². The summed E-state index contributed by atoms with van der Waals surface area (Å²) in [4.78, 5) is 26.6. The number of hydrogen-bond acceptors (Lipinski definition) is 4. The van der Waals surface area contributed by atoms with Gasteiger partial charge in [-0.1, -0.05) is 80.3 Å². The summed E-state index contributed by atoms with van der Waals surface area (Å²) in [5, 5.41) is 0. The predicted molar refractivity (Wildman–Crippen MR) is 140 cm³/mol. The Hall–Kier alpha value is -2.50. The largest absolute Gasteiger partial charge is 0.373 e. The molecule has 5 heteroatoms. The van der Waals surface area contributed by atoms with Gasteiger partial charge in [-0.15, -0.1) is 0 Å². The highest BCUT2D eigenvalue weighted by atomic mass is 16.5. The molecule has 188 valence electrons. The number of benzene rings is 2. The second-order valence-corrected chi connectivity index (χ2v) is 10.2. The average Bonchev–Trinajstić information content (AvgIpc) is 3.20. The third-order valence-corrected chi connectivity index (χ3v) is 7.64. The Kier molecular flexibility index (Phi) is 9.50. The number of nitrogens with two attached hydrogens (primary N) is 1. The van der Waals surface area contributed by atoms with Crippen molar-refractivity contribution >= 4 is 11.7 Å². The van der Waals surface area contributed by atoms with E-state index in [-0.39, 0.29) is 24.0 Å². The molecule has 1 saturated carbocycles. The zero-order chi connectivity index (χ0) is 24.5. The molecule has 2 N–H and O–H groups in total. The molecular weight excluding hydrogens is 436 g/mol. The highest BCUT2D eigenvalue weighted by Gasteiger charge is 2.45. The number of carbonyl (C=O) groups excluding carboxylic acids is 2. The molecule has 1 aliphatic heterocycles. The number of Topliss-reactive ketones (excluding diaryl/α,β-unsaturated/α-hetero) is 1. The Labute approximate surface area is 210 Å². The van der Waals surface area contributed by atoms with Crippen molar-refractivity contribution in [2.24, 2.45) is 11.7 Å². The fraction of sp³-hybridized carbons (Fsp3) is 0.533. The molecular formula is C30H40N2O3. The molecule has 3 atom stereocenters. The van der Waals surface area contributed by atoms with E-state index in [2.05, 4.69) is 53.4 Å². The molecule has 35 heavy (non-hydrogen) atoms.